The summed E-state index contributed by atoms with van der Waals surface area (Å²) in [4.78, 5) is 14.9. The van der Waals surface area contributed by atoms with Crippen molar-refractivity contribution in [2.75, 3.05) is 7.11 Å². The van der Waals surface area contributed by atoms with Crippen LogP contribution in [-0.2, 0) is 6.42 Å². The summed E-state index contributed by atoms with van der Waals surface area (Å²) < 4.78 is 5.10. The Morgan fingerprint density at radius 1 is 1.39 bits per heavy atom. The fourth-order valence-corrected chi connectivity index (χ4v) is 1.94. The third kappa shape index (κ3) is 2.45. The highest BCUT2D eigenvalue weighted by Gasteiger charge is 2.35. The van der Waals surface area contributed by atoms with Gasteiger partial charge in [0, 0.05) is 0 Å². The van der Waals surface area contributed by atoms with Gasteiger partial charge in [0.2, 0.25) is 0 Å². The van der Waals surface area contributed by atoms with E-state index in [0.29, 0.717) is 5.84 Å². The second kappa shape index (κ2) is 4.68. The molecule has 1 aromatic carbocycles. The van der Waals surface area contributed by atoms with Crippen LogP contribution in [0.15, 0.2) is 29.3 Å². The van der Waals surface area contributed by atoms with Gasteiger partial charge < -0.3 is 15.8 Å². The van der Waals surface area contributed by atoms with Gasteiger partial charge >= 0.3 is 6.03 Å². The van der Waals surface area contributed by atoms with Gasteiger partial charge in [-0.2, -0.15) is 4.99 Å². The van der Waals surface area contributed by atoms with Crippen molar-refractivity contribution >= 4 is 11.9 Å². The van der Waals surface area contributed by atoms with Gasteiger partial charge in [0.1, 0.15) is 11.6 Å². The number of amidine groups is 1. The molecule has 0 bridgehead atoms. The molecule has 5 nitrogen and oxygen atoms in total. The Labute approximate surface area is 106 Å². The van der Waals surface area contributed by atoms with Crippen LogP contribution < -0.4 is 15.8 Å². The zero-order chi connectivity index (χ0) is 13.2. The van der Waals surface area contributed by atoms with Gasteiger partial charge in [-0.25, -0.2) is 4.79 Å². The maximum Gasteiger partial charge on any atom is 0.343 e. The molecule has 1 unspecified atom stereocenters. The van der Waals surface area contributed by atoms with Gasteiger partial charge in [0.05, 0.1) is 12.6 Å². The molecule has 0 aromatic heterocycles. The number of carbonyl (C=O) groups is 1. The highest BCUT2D eigenvalue weighted by atomic mass is 16.5. The topological polar surface area (TPSA) is 76.7 Å². The van der Waals surface area contributed by atoms with Crippen LogP contribution in [0.5, 0.6) is 5.75 Å². The number of nitrogens with two attached hydrogens (primary N) is 1. The molecule has 96 valence electrons. The van der Waals surface area contributed by atoms with E-state index in [1.165, 1.54) is 5.56 Å². The van der Waals surface area contributed by atoms with E-state index in [1.54, 1.807) is 7.11 Å². The second-order valence-electron chi connectivity index (χ2n) is 4.61. The number of hydrogen-bond acceptors (Lipinski definition) is 3. The van der Waals surface area contributed by atoms with E-state index in [1.807, 2.05) is 31.2 Å². The lowest BCUT2D eigenvalue weighted by molar-refractivity contribution is 0.246. The minimum absolute atomic E-state index is 0.357. The smallest absolute Gasteiger partial charge is 0.343 e. The van der Waals surface area contributed by atoms with Crippen LogP contribution in [0.1, 0.15) is 18.9 Å². The summed E-state index contributed by atoms with van der Waals surface area (Å²) in [7, 11) is 1.64. The first kappa shape index (κ1) is 12.4. The monoisotopic (exact) mass is 247 g/mol. The normalized spacial score (nSPS) is 22.6. The van der Waals surface area contributed by atoms with Crippen molar-refractivity contribution in [3.05, 3.63) is 29.8 Å². The van der Waals surface area contributed by atoms with E-state index >= 15 is 0 Å². The Morgan fingerprint density at radius 2 is 2.06 bits per heavy atom. The molecule has 1 heterocycles. The number of rotatable bonds is 4. The molecule has 0 radical (unpaired) electrons. The molecule has 2 rings (SSSR count). The zero-order valence-corrected chi connectivity index (χ0v) is 10.6. The summed E-state index contributed by atoms with van der Waals surface area (Å²) in [5, 5.41) is 2.78. The van der Waals surface area contributed by atoms with Gasteiger partial charge in [0.25, 0.3) is 0 Å². The number of nitrogens with zero attached hydrogens (tertiary/aromatic N) is 1. The Hall–Kier alpha value is -2.04. The molecule has 0 saturated heterocycles. The standard InChI is InChI=1S/C13H17N3O2/c1-13(11(14)15-12(17)16-13)8-7-9-3-5-10(18-2)6-4-9/h3-6H,7-8H2,1-2H3,(H3,14,15,16,17). The number of aliphatic imine (C=N–C) groups is 1. The predicted octanol–water partition coefficient (Wildman–Crippen LogP) is 1.47. The van der Waals surface area contributed by atoms with Gasteiger partial charge in [-0.3, -0.25) is 0 Å². The average Bonchev–Trinajstić information content (AvgIpc) is 2.61. The number of urea groups is 1. The molecule has 1 aromatic rings. The minimum atomic E-state index is -0.531. The summed E-state index contributed by atoms with van der Waals surface area (Å²) in [6, 6.07) is 7.49. The van der Waals surface area contributed by atoms with Crippen LogP contribution in [0.3, 0.4) is 0 Å². The molecule has 0 spiro atoms. The van der Waals surface area contributed by atoms with Crippen molar-refractivity contribution in [1.82, 2.24) is 5.32 Å². The summed E-state index contributed by atoms with van der Waals surface area (Å²) in [5.41, 5.74) is 6.40. The molecule has 3 N–H and O–H groups in total. The molecule has 0 fully saturated rings. The second-order valence-corrected chi connectivity index (χ2v) is 4.61. The first-order chi connectivity index (χ1) is 8.53. The van der Waals surface area contributed by atoms with Crippen molar-refractivity contribution in [1.29, 1.82) is 0 Å². The third-order valence-electron chi connectivity index (χ3n) is 3.24. The number of hydrogen-bond donors (Lipinski definition) is 2. The lowest BCUT2D eigenvalue weighted by Gasteiger charge is -2.23. The van der Waals surface area contributed by atoms with Crippen molar-refractivity contribution < 1.29 is 9.53 Å². The Kier molecular flexibility index (Phi) is 3.23. The van der Waals surface area contributed by atoms with E-state index in [-0.39, 0.29) is 6.03 Å². The number of benzene rings is 1. The molecule has 1 aliphatic rings. The number of carbonyl (C=O) groups excluding carboxylic acids is 1. The number of aryl methyl sites for hydroxylation is 1. The SMILES string of the molecule is COc1ccc(CCC2(C)NC(=O)N=C2N)cc1. The third-order valence-corrected chi connectivity index (χ3v) is 3.24. The number of methoxy groups -OCH3 is 1. The van der Waals surface area contributed by atoms with Crippen LogP contribution in [0.4, 0.5) is 4.79 Å². The molecule has 0 saturated carbocycles. The summed E-state index contributed by atoms with van der Waals surface area (Å²) in [6.07, 6.45) is 1.54. The zero-order valence-electron chi connectivity index (χ0n) is 10.6. The van der Waals surface area contributed by atoms with E-state index in [2.05, 4.69) is 10.3 Å². The van der Waals surface area contributed by atoms with E-state index in [4.69, 9.17) is 10.5 Å². The van der Waals surface area contributed by atoms with Crippen LogP contribution in [0.2, 0.25) is 0 Å². The van der Waals surface area contributed by atoms with Crippen LogP contribution in [0.25, 0.3) is 0 Å². The molecule has 1 atom stereocenters. The molecule has 18 heavy (non-hydrogen) atoms. The molecule has 5 heteroatoms. The molecule has 1 aliphatic heterocycles. The minimum Gasteiger partial charge on any atom is -0.497 e. The summed E-state index contributed by atoms with van der Waals surface area (Å²) >= 11 is 0. The maximum absolute atomic E-state index is 11.2. The molecular weight excluding hydrogens is 230 g/mol. The van der Waals surface area contributed by atoms with Gasteiger partial charge in [0.15, 0.2) is 0 Å². The maximum atomic E-state index is 11.2. The Morgan fingerprint density at radius 3 is 2.56 bits per heavy atom. The number of ether oxygens (including phenoxy) is 1. The largest absolute Gasteiger partial charge is 0.497 e. The van der Waals surface area contributed by atoms with Crippen LogP contribution in [-0.4, -0.2) is 24.5 Å². The van der Waals surface area contributed by atoms with Crippen molar-refractivity contribution in [3.8, 4) is 5.75 Å². The predicted molar refractivity (Wildman–Crippen MR) is 69.9 cm³/mol. The first-order valence-electron chi connectivity index (χ1n) is 5.83. The Bertz CT molecular complexity index is 482. The highest BCUT2D eigenvalue weighted by Crippen LogP contribution is 2.20. The molecule has 0 aliphatic carbocycles. The van der Waals surface area contributed by atoms with Gasteiger partial charge in [-0.05, 0) is 37.5 Å². The van der Waals surface area contributed by atoms with E-state index < -0.39 is 5.54 Å². The molecule has 2 amide bonds. The van der Waals surface area contributed by atoms with Gasteiger partial charge in [-0.15, -0.1) is 0 Å². The highest BCUT2D eigenvalue weighted by molar-refractivity contribution is 6.05. The van der Waals surface area contributed by atoms with Crippen LogP contribution >= 0.6 is 0 Å². The average molecular weight is 247 g/mol. The fraction of sp³-hybridized carbons (Fsp3) is 0.385. The lowest BCUT2D eigenvalue weighted by atomic mass is 9.93. The Balaban J connectivity index is 1.99. The number of amides is 2. The lowest BCUT2D eigenvalue weighted by Crippen LogP contribution is -2.49. The van der Waals surface area contributed by atoms with Crippen molar-refractivity contribution in [2.24, 2.45) is 10.7 Å². The molecular formula is C13H17N3O2. The first-order valence-corrected chi connectivity index (χ1v) is 5.83. The van der Waals surface area contributed by atoms with Crippen molar-refractivity contribution in [2.45, 2.75) is 25.3 Å². The quantitative estimate of drug-likeness (QED) is 0.845. The summed E-state index contributed by atoms with van der Waals surface area (Å²) in [5.74, 6) is 1.20. The fourth-order valence-electron chi connectivity index (χ4n) is 1.94. The van der Waals surface area contributed by atoms with Crippen LogP contribution in [0, 0.1) is 0 Å². The summed E-state index contributed by atoms with van der Waals surface area (Å²) in [6.45, 7) is 1.89. The van der Waals surface area contributed by atoms with Gasteiger partial charge in [-0.1, -0.05) is 12.1 Å². The van der Waals surface area contributed by atoms with Crippen molar-refractivity contribution in [3.63, 3.8) is 0 Å². The van der Waals surface area contributed by atoms with E-state index in [9.17, 15) is 4.79 Å². The van der Waals surface area contributed by atoms with E-state index in [0.717, 1.165) is 18.6 Å². The number of nitrogens with one attached hydrogen (secondary N) is 1.